The van der Waals surface area contributed by atoms with Crippen molar-refractivity contribution in [2.45, 2.75) is 18.8 Å². The van der Waals surface area contributed by atoms with Gasteiger partial charge < -0.3 is 4.90 Å². The van der Waals surface area contributed by atoms with Crippen molar-refractivity contribution in [3.05, 3.63) is 47.9 Å². The van der Waals surface area contributed by atoms with Crippen LogP contribution >= 0.6 is 0 Å². The summed E-state index contributed by atoms with van der Waals surface area (Å²) >= 11 is 0. The minimum absolute atomic E-state index is 0.159. The van der Waals surface area contributed by atoms with Gasteiger partial charge in [-0.05, 0) is 36.5 Å². The van der Waals surface area contributed by atoms with Crippen molar-refractivity contribution in [1.29, 1.82) is 0 Å². The molecule has 0 saturated carbocycles. The number of nitrogens with zero attached hydrogens (tertiary/aromatic N) is 2. The quantitative estimate of drug-likeness (QED) is 0.882. The molecule has 1 saturated heterocycles. The fourth-order valence-electron chi connectivity index (χ4n) is 2.61. The van der Waals surface area contributed by atoms with E-state index in [0.29, 0.717) is 5.92 Å². The molecule has 4 heteroatoms. The van der Waals surface area contributed by atoms with Crippen molar-refractivity contribution in [3.63, 3.8) is 0 Å². The Labute approximate surface area is 106 Å². The molecule has 0 atom stereocenters. The van der Waals surface area contributed by atoms with Crippen LogP contribution in [0.2, 0.25) is 0 Å². The van der Waals surface area contributed by atoms with Crippen LogP contribution in [0.5, 0.6) is 0 Å². The molecule has 1 aliphatic rings. The average Bonchev–Trinajstić information content (AvgIpc) is 2.94. The molecule has 1 aliphatic heterocycles. The first kappa shape index (κ1) is 11.3. The number of piperidine rings is 1. The van der Waals surface area contributed by atoms with E-state index in [1.807, 2.05) is 18.2 Å². The second-order valence-corrected chi connectivity index (χ2v) is 4.75. The molecule has 2 aromatic rings. The van der Waals surface area contributed by atoms with Crippen molar-refractivity contribution >= 4 is 5.82 Å². The number of anilines is 1. The van der Waals surface area contributed by atoms with Gasteiger partial charge in [0.15, 0.2) is 0 Å². The zero-order valence-electron chi connectivity index (χ0n) is 10.1. The summed E-state index contributed by atoms with van der Waals surface area (Å²) in [5, 5.41) is 6.97. The predicted molar refractivity (Wildman–Crippen MR) is 69.2 cm³/mol. The van der Waals surface area contributed by atoms with Crippen molar-refractivity contribution < 1.29 is 4.39 Å². The van der Waals surface area contributed by atoms with Crippen molar-refractivity contribution in [3.8, 4) is 0 Å². The van der Waals surface area contributed by atoms with Gasteiger partial charge in [-0.2, -0.15) is 5.10 Å². The average molecular weight is 245 g/mol. The second kappa shape index (κ2) is 4.80. The number of aromatic amines is 1. The normalized spacial score (nSPS) is 17.1. The zero-order chi connectivity index (χ0) is 12.4. The van der Waals surface area contributed by atoms with Gasteiger partial charge in [-0.3, -0.25) is 5.10 Å². The van der Waals surface area contributed by atoms with E-state index in [-0.39, 0.29) is 5.82 Å². The molecule has 1 fully saturated rings. The van der Waals surface area contributed by atoms with E-state index in [4.69, 9.17) is 0 Å². The standard InChI is InChI=1S/C14H16FN3/c15-13-3-1-11(2-4-13)12-6-9-18(10-7-12)14-5-8-16-17-14/h1-5,8,12H,6-7,9-10H2,(H,16,17). The number of rotatable bonds is 2. The summed E-state index contributed by atoms with van der Waals surface area (Å²) in [5.41, 5.74) is 1.25. The van der Waals surface area contributed by atoms with Gasteiger partial charge in [0.05, 0.1) is 6.20 Å². The highest BCUT2D eigenvalue weighted by atomic mass is 19.1. The summed E-state index contributed by atoms with van der Waals surface area (Å²) in [7, 11) is 0. The molecule has 0 aliphatic carbocycles. The molecule has 0 amide bonds. The number of hydrogen-bond acceptors (Lipinski definition) is 2. The smallest absolute Gasteiger partial charge is 0.123 e. The fourth-order valence-corrected chi connectivity index (χ4v) is 2.61. The number of benzene rings is 1. The lowest BCUT2D eigenvalue weighted by molar-refractivity contribution is 0.501. The Morgan fingerprint density at radius 1 is 1.11 bits per heavy atom. The SMILES string of the molecule is Fc1ccc(C2CCN(c3ccn[nH]3)CC2)cc1. The topological polar surface area (TPSA) is 31.9 Å². The molecule has 18 heavy (non-hydrogen) atoms. The molecular formula is C14H16FN3. The maximum atomic E-state index is 12.9. The van der Waals surface area contributed by atoms with Crippen molar-refractivity contribution in [2.24, 2.45) is 0 Å². The van der Waals surface area contributed by atoms with E-state index in [1.54, 1.807) is 18.3 Å². The summed E-state index contributed by atoms with van der Waals surface area (Å²) in [6, 6.07) is 8.92. The Morgan fingerprint density at radius 3 is 2.44 bits per heavy atom. The van der Waals surface area contributed by atoms with Crippen LogP contribution in [0.15, 0.2) is 36.5 Å². The molecule has 1 aromatic heterocycles. The third-order valence-corrected chi connectivity index (χ3v) is 3.66. The molecule has 0 bridgehead atoms. The van der Waals surface area contributed by atoms with Crippen LogP contribution in [0.1, 0.15) is 24.3 Å². The van der Waals surface area contributed by atoms with Gasteiger partial charge >= 0.3 is 0 Å². The molecule has 0 spiro atoms. The van der Waals surface area contributed by atoms with Gasteiger partial charge in [-0.25, -0.2) is 4.39 Å². The lowest BCUT2D eigenvalue weighted by Gasteiger charge is -2.32. The first-order chi connectivity index (χ1) is 8.83. The fraction of sp³-hybridized carbons (Fsp3) is 0.357. The van der Waals surface area contributed by atoms with Gasteiger partial charge in [0, 0.05) is 19.2 Å². The zero-order valence-corrected chi connectivity index (χ0v) is 10.1. The molecule has 1 N–H and O–H groups in total. The van der Waals surface area contributed by atoms with Crippen LogP contribution < -0.4 is 4.90 Å². The van der Waals surface area contributed by atoms with E-state index in [9.17, 15) is 4.39 Å². The molecule has 0 radical (unpaired) electrons. The minimum Gasteiger partial charge on any atom is -0.357 e. The first-order valence-electron chi connectivity index (χ1n) is 6.33. The van der Waals surface area contributed by atoms with E-state index in [0.717, 1.165) is 31.7 Å². The highest BCUT2D eigenvalue weighted by Gasteiger charge is 2.21. The van der Waals surface area contributed by atoms with Crippen molar-refractivity contribution in [1.82, 2.24) is 10.2 Å². The van der Waals surface area contributed by atoms with Crippen molar-refractivity contribution in [2.75, 3.05) is 18.0 Å². The monoisotopic (exact) mass is 245 g/mol. The third kappa shape index (κ3) is 2.23. The number of halogens is 1. The largest absolute Gasteiger partial charge is 0.357 e. The van der Waals surface area contributed by atoms with Crippen LogP contribution in [-0.4, -0.2) is 23.3 Å². The number of nitrogens with one attached hydrogen (secondary N) is 1. The molecular weight excluding hydrogens is 229 g/mol. The van der Waals surface area contributed by atoms with Gasteiger partial charge in [0.2, 0.25) is 0 Å². The van der Waals surface area contributed by atoms with E-state index in [2.05, 4.69) is 15.1 Å². The van der Waals surface area contributed by atoms with Crippen LogP contribution in [0, 0.1) is 5.82 Å². The Kier molecular flexibility index (Phi) is 3.00. The van der Waals surface area contributed by atoms with Gasteiger partial charge in [-0.1, -0.05) is 12.1 Å². The number of aromatic nitrogens is 2. The molecule has 1 aromatic carbocycles. The van der Waals surface area contributed by atoms with E-state index < -0.39 is 0 Å². The highest BCUT2D eigenvalue weighted by molar-refractivity contribution is 5.37. The minimum atomic E-state index is -0.159. The maximum Gasteiger partial charge on any atom is 0.123 e. The van der Waals surface area contributed by atoms with E-state index >= 15 is 0 Å². The van der Waals surface area contributed by atoms with E-state index in [1.165, 1.54) is 5.56 Å². The summed E-state index contributed by atoms with van der Waals surface area (Å²) in [4.78, 5) is 2.31. The van der Waals surface area contributed by atoms with Gasteiger partial charge in [0.25, 0.3) is 0 Å². The second-order valence-electron chi connectivity index (χ2n) is 4.75. The van der Waals surface area contributed by atoms with Crippen LogP contribution in [-0.2, 0) is 0 Å². The summed E-state index contributed by atoms with van der Waals surface area (Å²) in [6.07, 6.45) is 3.98. The van der Waals surface area contributed by atoms with Gasteiger partial charge in [0.1, 0.15) is 11.6 Å². The Bertz CT molecular complexity index is 484. The molecule has 0 unspecified atom stereocenters. The Balaban J connectivity index is 1.65. The van der Waals surface area contributed by atoms with Crippen LogP contribution in [0.25, 0.3) is 0 Å². The Morgan fingerprint density at radius 2 is 1.83 bits per heavy atom. The highest BCUT2D eigenvalue weighted by Crippen LogP contribution is 2.29. The number of hydrogen-bond donors (Lipinski definition) is 1. The molecule has 2 heterocycles. The predicted octanol–water partition coefficient (Wildman–Crippen LogP) is 2.93. The lowest BCUT2D eigenvalue weighted by atomic mass is 9.89. The lowest BCUT2D eigenvalue weighted by Crippen LogP contribution is -2.33. The summed E-state index contributed by atoms with van der Waals surface area (Å²) < 4.78 is 12.9. The van der Waals surface area contributed by atoms with Gasteiger partial charge in [-0.15, -0.1) is 0 Å². The Hall–Kier alpha value is -1.84. The van der Waals surface area contributed by atoms with Crippen LogP contribution in [0.3, 0.4) is 0 Å². The molecule has 94 valence electrons. The summed E-state index contributed by atoms with van der Waals surface area (Å²) in [5.74, 6) is 1.48. The summed E-state index contributed by atoms with van der Waals surface area (Å²) in [6.45, 7) is 2.04. The number of H-pyrrole nitrogens is 1. The maximum absolute atomic E-state index is 12.9. The first-order valence-corrected chi connectivity index (χ1v) is 6.33. The third-order valence-electron chi connectivity index (χ3n) is 3.66. The molecule has 3 nitrogen and oxygen atoms in total. The molecule has 3 rings (SSSR count). The van der Waals surface area contributed by atoms with Crippen LogP contribution in [0.4, 0.5) is 10.2 Å².